The maximum absolute atomic E-state index is 12.4. The van der Waals surface area contributed by atoms with Crippen molar-refractivity contribution < 1.29 is 9.90 Å². The molecule has 0 fully saturated rings. The van der Waals surface area contributed by atoms with E-state index in [1.165, 1.54) is 0 Å². The number of hydrogen-bond acceptors (Lipinski definition) is 2. The van der Waals surface area contributed by atoms with Crippen molar-refractivity contribution in [1.29, 1.82) is 0 Å². The second kappa shape index (κ2) is 7.72. The first kappa shape index (κ1) is 16.3. The summed E-state index contributed by atoms with van der Waals surface area (Å²) in [4.78, 5) is 12.4. The van der Waals surface area contributed by atoms with Gasteiger partial charge in [-0.2, -0.15) is 0 Å². The molecule has 0 bridgehead atoms. The van der Waals surface area contributed by atoms with Gasteiger partial charge >= 0.3 is 0 Å². The average Bonchev–Trinajstić information content (AvgIpc) is 2.41. The van der Waals surface area contributed by atoms with E-state index in [0.29, 0.717) is 17.0 Å². The molecule has 0 aliphatic carbocycles. The van der Waals surface area contributed by atoms with Crippen LogP contribution >= 0.6 is 0 Å². The third-order valence-electron chi connectivity index (χ3n) is 3.28. The lowest BCUT2D eigenvalue weighted by Gasteiger charge is -2.21. The summed E-state index contributed by atoms with van der Waals surface area (Å²) in [6, 6.07) is 5.71. The number of aliphatic hydroxyl groups is 1. The SMILES string of the molecule is CCC(NC(=O)c1ccc(C)cc1C#CCO)C(C)C. The zero-order valence-corrected chi connectivity index (χ0v) is 12.7. The Labute approximate surface area is 121 Å². The predicted molar refractivity (Wildman–Crippen MR) is 81.5 cm³/mol. The maximum atomic E-state index is 12.4. The van der Waals surface area contributed by atoms with Crippen molar-refractivity contribution in [3.8, 4) is 11.8 Å². The third kappa shape index (κ3) is 4.40. The quantitative estimate of drug-likeness (QED) is 0.828. The number of aliphatic hydroxyl groups excluding tert-OH is 1. The highest BCUT2D eigenvalue weighted by Gasteiger charge is 2.17. The largest absolute Gasteiger partial charge is 0.384 e. The van der Waals surface area contributed by atoms with Gasteiger partial charge in [0, 0.05) is 11.6 Å². The zero-order chi connectivity index (χ0) is 15.1. The Morgan fingerprint density at radius 2 is 2.10 bits per heavy atom. The van der Waals surface area contributed by atoms with E-state index in [4.69, 9.17) is 5.11 Å². The van der Waals surface area contributed by atoms with Gasteiger partial charge in [-0.25, -0.2) is 0 Å². The van der Waals surface area contributed by atoms with Crippen LogP contribution in [0.1, 0.15) is 48.7 Å². The van der Waals surface area contributed by atoms with E-state index in [1.54, 1.807) is 6.07 Å². The monoisotopic (exact) mass is 273 g/mol. The molecule has 0 radical (unpaired) electrons. The van der Waals surface area contributed by atoms with Gasteiger partial charge in [-0.15, -0.1) is 0 Å². The molecule has 2 N–H and O–H groups in total. The number of carbonyl (C=O) groups is 1. The number of carbonyl (C=O) groups excluding carboxylic acids is 1. The van der Waals surface area contributed by atoms with Crippen molar-refractivity contribution in [1.82, 2.24) is 5.32 Å². The molecule has 0 aromatic heterocycles. The van der Waals surface area contributed by atoms with Crippen LogP contribution in [0.4, 0.5) is 0 Å². The fourth-order valence-electron chi connectivity index (χ4n) is 2.08. The van der Waals surface area contributed by atoms with E-state index in [1.807, 2.05) is 19.1 Å². The predicted octanol–water partition coefficient (Wildman–Crippen LogP) is 2.50. The first-order chi connectivity index (χ1) is 9.49. The lowest BCUT2D eigenvalue weighted by atomic mass is 9.99. The molecule has 1 unspecified atom stereocenters. The molecule has 0 spiro atoms. The van der Waals surface area contributed by atoms with Crippen molar-refractivity contribution in [2.24, 2.45) is 5.92 Å². The molecular weight excluding hydrogens is 250 g/mol. The van der Waals surface area contributed by atoms with Gasteiger partial charge in [0.25, 0.3) is 5.91 Å². The van der Waals surface area contributed by atoms with E-state index in [9.17, 15) is 4.79 Å². The van der Waals surface area contributed by atoms with Crippen LogP contribution in [-0.4, -0.2) is 23.7 Å². The number of benzene rings is 1. The van der Waals surface area contributed by atoms with E-state index in [2.05, 4.69) is 37.9 Å². The lowest BCUT2D eigenvalue weighted by molar-refractivity contribution is 0.0924. The minimum Gasteiger partial charge on any atom is -0.384 e. The number of hydrogen-bond donors (Lipinski definition) is 2. The number of rotatable bonds is 4. The van der Waals surface area contributed by atoms with Crippen LogP contribution in [0.25, 0.3) is 0 Å². The zero-order valence-electron chi connectivity index (χ0n) is 12.7. The van der Waals surface area contributed by atoms with Crippen molar-refractivity contribution in [2.75, 3.05) is 6.61 Å². The molecule has 1 aromatic carbocycles. The summed E-state index contributed by atoms with van der Waals surface area (Å²) in [6.07, 6.45) is 0.896. The fraction of sp³-hybridized carbons (Fsp3) is 0.471. The summed E-state index contributed by atoms with van der Waals surface area (Å²) in [7, 11) is 0. The molecule has 1 rings (SSSR count). The lowest BCUT2D eigenvalue weighted by Crippen LogP contribution is -2.38. The molecule has 3 heteroatoms. The Kier molecular flexibility index (Phi) is 6.27. The molecule has 1 atom stereocenters. The van der Waals surface area contributed by atoms with Gasteiger partial charge in [-0.3, -0.25) is 4.79 Å². The van der Waals surface area contributed by atoms with E-state index < -0.39 is 0 Å². The number of amides is 1. The summed E-state index contributed by atoms with van der Waals surface area (Å²) >= 11 is 0. The van der Waals surface area contributed by atoms with Gasteiger partial charge in [0.15, 0.2) is 0 Å². The Hall–Kier alpha value is -1.79. The highest BCUT2D eigenvalue weighted by Crippen LogP contribution is 2.13. The van der Waals surface area contributed by atoms with Gasteiger partial charge in [-0.05, 0) is 37.0 Å². The molecule has 1 aromatic rings. The van der Waals surface area contributed by atoms with Gasteiger partial charge in [0.05, 0.1) is 5.56 Å². The first-order valence-corrected chi connectivity index (χ1v) is 7.00. The summed E-state index contributed by atoms with van der Waals surface area (Å²) in [6.45, 7) is 7.99. The summed E-state index contributed by atoms with van der Waals surface area (Å²) in [5.74, 6) is 5.73. The average molecular weight is 273 g/mol. The Bertz CT molecular complexity index is 524. The van der Waals surface area contributed by atoms with Gasteiger partial charge in [-0.1, -0.05) is 38.7 Å². The van der Waals surface area contributed by atoms with Crippen LogP contribution in [0.3, 0.4) is 0 Å². The Balaban J connectivity index is 3.03. The van der Waals surface area contributed by atoms with Crippen molar-refractivity contribution in [2.45, 2.75) is 40.2 Å². The van der Waals surface area contributed by atoms with Crippen LogP contribution in [0, 0.1) is 24.7 Å². The minimum atomic E-state index is -0.210. The Morgan fingerprint density at radius 1 is 1.40 bits per heavy atom. The van der Waals surface area contributed by atoms with Crippen LogP contribution in [0.5, 0.6) is 0 Å². The molecule has 3 nitrogen and oxygen atoms in total. The van der Waals surface area contributed by atoms with Crippen molar-refractivity contribution in [3.63, 3.8) is 0 Å². The van der Waals surface area contributed by atoms with Gasteiger partial charge < -0.3 is 10.4 Å². The molecular formula is C17H23NO2. The van der Waals surface area contributed by atoms with E-state index in [-0.39, 0.29) is 18.6 Å². The van der Waals surface area contributed by atoms with Crippen molar-refractivity contribution in [3.05, 3.63) is 34.9 Å². The van der Waals surface area contributed by atoms with Crippen molar-refractivity contribution >= 4 is 5.91 Å². The highest BCUT2D eigenvalue weighted by molar-refractivity contribution is 5.97. The number of aryl methyl sites for hydroxylation is 1. The standard InChI is InChI=1S/C17H23NO2/c1-5-16(12(2)3)18-17(20)15-9-8-13(4)11-14(15)7-6-10-19/h8-9,11-12,16,19H,5,10H2,1-4H3,(H,18,20). The minimum absolute atomic E-state index is 0.104. The maximum Gasteiger partial charge on any atom is 0.252 e. The molecule has 0 heterocycles. The van der Waals surface area contributed by atoms with E-state index in [0.717, 1.165) is 12.0 Å². The highest BCUT2D eigenvalue weighted by atomic mass is 16.2. The summed E-state index contributed by atoms with van der Waals surface area (Å²) in [5.41, 5.74) is 2.27. The molecule has 1 amide bonds. The fourth-order valence-corrected chi connectivity index (χ4v) is 2.08. The second-order valence-electron chi connectivity index (χ2n) is 5.24. The second-order valence-corrected chi connectivity index (χ2v) is 5.24. The topological polar surface area (TPSA) is 49.3 Å². The smallest absolute Gasteiger partial charge is 0.252 e. The van der Waals surface area contributed by atoms with Crippen LogP contribution in [0.15, 0.2) is 18.2 Å². The summed E-state index contributed by atoms with van der Waals surface area (Å²) in [5, 5.41) is 11.9. The van der Waals surface area contributed by atoms with Crippen LogP contribution in [-0.2, 0) is 0 Å². The molecule has 0 aliphatic rings. The van der Waals surface area contributed by atoms with Crippen LogP contribution in [0.2, 0.25) is 0 Å². The first-order valence-electron chi connectivity index (χ1n) is 7.00. The number of nitrogens with one attached hydrogen (secondary N) is 1. The molecule has 0 aliphatic heterocycles. The molecule has 20 heavy (non-hydrogen) atoms. The van der Waals surface area contributed by atoms with Crippen LogP contribution < -0.4 is 5.32 Å². The Morgan fingerprint density at radius 3 is 2.65 bits per heavy atom. The summed E-state index contributed by atoms with van der Waals surface area (Å²) < 4.78 is 0. The van der Waals surface area contributed by atoms with Gasteiger partial charge in [0.2, 0.25) is 0 Å². The molecule has 0 saturated carbocycles. The molecule has 0 saturated heterocycles. The van der Waals surface area contributed by atoms with Gasteiger partial charge in [0.1, 0.15) is 6.61 Å². The normalized spacial score (nSPS) is 11.7. The third-order valence-corrected chi connectivity index (χ3v) is 3.28. The molecule has 108 valence electrons. The van der Waals surface area contributed by atoms with E-state index >= 15 is 0 Å².